The summed E-state index contributed by atoms with van der Waals surface area (Å²) in [6.07, 6.45) is 8.56. The zero-order chi connectivity index (χ0) is 12.0. The van der Waals surface area contributed by atoms with Crippen LogP contribution in [0.2, 0.25) is 0 Å². The number of hydrogen-bond acceptors (Lipinski definition) is 2. The first-order valence-electron chi connectivity index (χ1n) is 5.81. The molecular formula is C13H19NO2. The second-order valence-corrected chi connectivity index (χ2v) is 5.99. The molecule has 2 aliphatic rings. The maximum atomic E-state index is 12.0. The van der Waals surface area contributed by atoms with E-state index in [0.29, 0.717) is 5.41 Å². The number of amides is 1. The van der Waals surface area contributed by atoms with Crippen molar-refractivity contribution in [1.29, 1.82) is 0 Å². The normalized spacial score (nSPS) is 26.6. The van der Waals surface area contributed by atoms with E-state index in [0.717, 1.165) is 13.0 Å². The van der Waals surface area contributed by atoms with Crippen molar-refractivity contribution in [3.05, 3.63) is 0 Å². The largest absolute Gasteiger partial charge is 0.444 e. The Labute approximate surface area is 97.1 Å². The standard InChI is InChI=1S/C13H19NO2/c1-5-10-8-13(6-7-13)9-14(10)11(15)16-12(2,3)4/h1,10H,6-9H2,2-4H3. The number of ether oxygens (including phenoxy) is 1. The molecule has 88 valence electrons. The SMILES string of the molecule is C#CC1CC2(CC2)CN1C(=O)OC(C)(C)C. The molecule has 2 rings (SSSR count). The van der Waals surface area contributed by atoms with Crippen molar-refractivity contribution >= 4 is 6.09 Å². The molecule has 3 heteroatoms. The third-order valence-corrected chi connectivity index (χ3v) is 3.29. The Morgan fingerprint density at radius 3 is 2.56 bits per heavy atom. The second-order valence-electron chi connectivity index (χ2n) is 5.99. The first kappa shape index (κ1) is 11.3. The molecule has 1 heterocycles. The second kappa shape index (κ2) is 3.41. The summed E-state index contributed by atoms with van der Waals surface area (Å²) < 4.78 is 5.37. The molecule has 0 aromatic heterocycles. The lowest BCUT2D eigenvalue weighted by Gasteiger charge is -2.26. The van der Waals surface area contributed by atoms with Crippen LogP contribution >= 0.6 is 0 Å². The van der Waals surface area contributed by atoms with Gasteiger partial charge in [-0.15, -0.1) is 6.42 Å². The van der Waals surface area contributed by atoms with Crippen LogP contribution in [0.25, 0.3) is 0 Å². The van der Waals surface area contributed by atoms with E-state index < -0.39 is 5.60 Å². The van der Waals surface area contributed by atoms with E-state index in [2.05, 4.69) is 5.92 Å². The predicted molar refractivity (Wildman–Crippen MR) is 61.8 cm³/mol. The third kappa shape index (κ3) is 2.16. The topological polar surface area (TPSA) is 29.5 Å². The minimum Gasteiger partial charge on any atom is -0.444 e. The maximum absolute atomic E-state index is 12.0. The van der Waals surface area contributed by atoms with Gasteiger partial charge in [-0.25, -0.2) is 4.79 Å². The van der Waals surface area contributed by atoms with Gasteiger partial charge >= 0.3 is 6.09 Å². The van der Waals surface area contributed by atoms with Crippen LogP contribution < -0.4 is 0 Å². The zero-order valence-electron chi connectivity index (χ0n) is 10.2. The summed E-state index contributed by atoms with van der Waals surface area (Å²) in [5.41, 5.74) is -0.122. The highest BCUT2D eigenvalue weighted by Crippen LogP contribution is 2.54. The number of terminal acetylenes is 1. The molecule has 1 unspecified atom stereocenters. The summed E-state index contributed by atoms with van der Waals surface area (Å²) in [6, 6.07) is -0.0719. The number of carbonyl (C=O) groups is 1. The van der Waals surface area contributed by atoms with E-state index in [-0.39, 0.29) is 12.1 Å². The van der Waals surface area contributed by atoms with Gasteiger partial charge in [-0.1, -0.05) is 5.92 Å². The van der Waals surface area contributed by atoms with E-state index >= 15 is 0 Å². The molecule has 1 amide bonds. The van der Waals surface area contributed by atoms with Gasteiger partial charge in [-0.3, -0.25) is 4.90 Å². The van der Waals surface area contributed by atoms with Gasteiger partial charge in [-0.2, -0.15) is 0 Å². The molecule has 3 nitrogen and oxygen atoms in total. The lowest BCUT2D eigenvalue weighted by Crippen LogP contribution is -2.39. The van der Waals surface area contributed by atoms with Crippen LogP contribution in [0.15, 0.2) is 0 Å². The van der Waals surface area contributed by atoms with Crippen LogP contribution in [0.3, 0.4) is 0 Å². The molecule has 0 radical (unpaired) electrons. The maximum Gasteiger partial charge on any atom is 0.411 e. The number of likely N-dealkylation sites (tertiary alicyclic amines) is 1. The van der Waals surface area contributed by atoms with Crippen molar-refractivity contribution < 1.29 is 9.53 Å². The molecule has 1 saturated heterocycles. The Morgan fingerprint density at radius 1 is 1.50 bits per heavy atom. The number of carbonyl (C=O) groups excluding carboxylic acids is 1. The van der Waals surface area contributed by atoms with Gasteiger partial charge in [0.15, 0.2) is 0 Å². The van der Waals surface area contributed by atoms with Gasteiger partial charge in [0.25, 0.3) is 0 Å². The van der Waals surface area contributed by atoms with Crippen LogP contribution in [0.4, 0.5) is 4.79 Å². The quantitative estimate of drug-likeness (QED) is 0.588. The summed E-state index contributed by atoms with van der Waals surface area (Å²) in [6.45, 7) is 6.40. The van der Waals surface area contributed by atoms with Crippen molar-refractivity contribution in [1.82, 2.24) is 4.90 Å². The van der Waals surface area contributed by atoms with Gasteiger partial charge in [0, 0.05) is 6.54 Å². The molecule has 1 saturated carbocycles. The molecule has 0 aromatic carbocycles. The molecule has 1 aliphatic carbocycles. The van der Waals surface area contributed by atoms with Crippen molar-refractivity contribution in [3.8, 4) is 12.3 Å². The number of hydrogen-bond donors (Lipinski definition) is 0. The summed E-state index contributed by atoms with van der Waals surface area (Å²) in [7, 11) is 0. The third-order valence-electron chi connectivity index (χ3n) is 3.29. The van der Waals surface area contributed by atoms with Gasteiger partial charge in [-0.05, 0) is 45.4 Å². The van der Waals surface area contributed by atoms with Crippen LogP contribution in [0, 0.1) is 17.8 Å². The van der Waals surface area contributed by atoms with Gasteiger partial charge in [0.05, 0.1) is 6.04 Å². The molecular weight excluding hydrogens is 202 g/mol. The van der Waals surface area contributed by atoms with E-state index in [9.17, 15) is 4.79 Å². The van der Waals surface area contributed by atoms with E-state index in [1.807, 2.05) is 20.8 Å². The Morgan fingerprint density at radius 2 is 2.12 bits per heavy atom. The van der Waals surface area contributed by atoms with E-state index in [4.69, 9.17) is 11.2 Å². The van der Waals surface area contributed by atoms with Crippen molar-refractivity contribution in [2.75, 3.05) is 6.54 Å². The first-order chi connectivity index (χ1) is 7.35. The highest BCUT2D eigenvalue weighted by molar-refractivity contribution is 5.70. The molecule has 1 atom stereocenters. The van der Waals surface area contributed by atoms with E-state index in [1.54, 1.807) is 4.90 Å². The van der Waals surface area contributed by atoms with Crippen LogP contribution in [-0.4, -0.2) is 29.2 Å². The molecule has 1 spiro atoms. The first-order valence-corrected chi connectivity index (χ1v) is 5.81. The highest BCUT2D eigenvalue weighted by Gasteiger charge is 2.53. The van der Waals surface area contributed by atoms with Crippen LogP contribution in [0.1, 0.15) is 40.0 Å². The molecule has 1 aliphatic heterocycles. The summed E-state index contributed by atoms with van der Waals surface area (Å²) in [5.74, 6) is 2.70. The number of nitrogens with zero attached hydrogens (tertiary/aromatic N) is 1. The fourth-order valence-corrected chi connectivity index (χ4v) is 2.26. The summed E-state index contributed by atoms with van der Waals surface area (Å²) >= 11 is 0. The van der Waals surface area contributed by atoms with Crippen molar-refractivity contribution in [2.45, 2.75) is 51.7 Å². The van der Waals surface area contributed by atoms with Gasteiger partial charge < -0.3 is 4.74 Å². The Bertz CT molecular complexity index is 344. The van der Waals surface area contributed by atoms with Gasteiger partial charge in [0.1, 0.15) is 5.60 Å². The fraction of sp³-hybridized carbons (Fsp3) is 0.769. The fourth-order valence-electron chi connectivity index (χ4n) is 2.26. The molecule has 0 aromatic rings. The minimum absolute atomic E-state index is 0.0719. The summed E-state index contributed by atoms with van der Waals surface area (Å²) in [4.78, 5) is 13.7. The Hall–Kier alpha value is -1.17. The average Bonchev–Trinajstić information content (AvgIpc) is 2.75. The van der Waals surface area contributed by atoms with Gasteiger partial charge in [0.2, 0.25) is 0 Å². The molecule has 16 heavy (non-hydrogen) atoms. The van der Waals surface area contributed by atoms with Crippen LogP contribution in [-0.2, 0) is 4.74 Å². The lowest BCUT2D eigenvalue weighted by atomic mass is 10.0. The van der Waals surface area contributed by atoms with Crippen LogP contribution in [0.5, 0.6) is 0 Å². The highest BCUT2D eigenvalue weighted by atomic mass is 16.6. The molecule has 2 fully saturated rings. The smallest absolute Gasteiger partial charge is 0.411 e. The van der Waals surface area contributed by atoms with Crippen molar-refractivity contribution in [3.63, 3.8) is 0 Å². The Kier molecular flexibility index (Phi) is 2.41. The van der Waals surface area contributed by atoms with E-state index in [1.165, 1.54) is 12.8 Å². The predicted octanol–water partition coefficient (Wildman–Crippen LogP) is 2.41. The Balaban J connectivity index is 2.03. The van der Waals surface area contributed by atoms with Crippen molar-refractivity contribution in [2.24, 2.45) is 5.41 Å². The molecule has 0 N–H and O–H groups in total. The number of rotatable bonds is 0. The lowest BCUT2D eigenvalue weighted by molar-refractivity contribution is 0.0253. The zero-order valence-corrected chi connectivity index (χ0v) is 10.2. The average molecular weight is 221 g/mol. The minimum atomic E-state index is -0.449. The molecule has 0 bridgehead atoms. The summed E-state index contributed by atoms with van der Waals surface area (Å²) in [5, 5.41) is 0. The monoisotopic (exact) mass is 221 g/mol.